The summed E-state index contributed by atoms with van der Waals surface area (Å²) in [5.74, 6) is 0.0472. The van der Waals surface area contributed by atoms with Crippen LogP contribution in [0.15, 0.2) is 42.6 Å². The standard InChI is InChI=1S/C19H22FN3O/c1-14-12-16(5-6-17(14)20)19(24)22-13-23-10-7-15(8-11-23)18-4-2-3-9-21-18/h2-6,9,12,15H,7-8,10-11,13H2,1H3,(H,22,24). The van der Waals surface area contributed by atoms with Crippen LogP contribution in [-0.4, -0.2) is 35.5 Å². The Morgan fingerprint density at radius 3 is 2.75 bits per heavy atom. The van der Waals surface area contributed by atoms with Gasteiger partial charge < -0.3 is 5.32 Å². The number of nitrogens with one attached hydrogen (secondary N) is 1. The average Bonchev–Trinajstić information content (AvgIpc) is 2.63. The molecule has 0 unspecified atom stereocenters. The van der Waals surface area contributed by atoms with Gasteiger partial charge in [0.1, 0.15) is 5.82 Å². The maximum Gasteiger partial charge on any atom is 0.252 e. The summed E-state index contributed by atoms with van der Waals surface area (Å²) < 4.78 is 13.3. The number of nitrogens with zero attached hydrogens (tertiary/aromatic N) is 2. The summed E-state index contributed by atoms with van der Waals surface area (Å²) in [6, 6.07) is 10.5. The summed E-state index contributed by atoms with van der Waals surface area (Å²) in [7, 11) is 0. The summed E-state index contributed by atoms with van der Waals surface area (Å²) in [4.78, 5) is 18.8. The van der Waals surface area contributed by atoms with Gasteiger partial charge in [0, 0.05) is 36.5 Å². The van der Waals surface area contributed by atoms with E-state index < -0.39 is 0 Å². The van der Waals surface area contributed by atoms with E-state index >= 15 is 0 Å². The van der Waals surface area contributed by atoms with E-state index in [1.54, 1.807) is 13.0 Å². The first kappa shape index (κ1) is 16.6. The third-order valence-corrected chi connectivity index (χ3v) is 4.58. The number of piperidine rings is 1. The van der Waals surface area contributed by atoms with E-state index in [0.29, 0.717) is 23.7 Å². The van der Waals surface area contributed by atoms with E-state index in [4.69, 9.17) is 0 Å². The van der Waals surface area contributed by atoms with Crippen molar-refractivity contribution >= 4 is 5.91 Å². The van der Waals surface area contributed by atoms with E-state index in [-0.39, 0.29) is 11.7 Å². The molecule has 126 valence electrons. The Balaban J connectivity index is 1.48. The predicted molar refractivity (Wildman–Crippen MR) is 91.3 cm³/mol. The fourth-order valence-electron chi connectivity index (χ4n) is 3.08. The lowest BCUT2D eigenvalue weighted by molar-refractivity contribution is 0.0910. The highest BCUT2D eigenvalue weighted by Crippen LogP contribution is 2.25. The molecule has 1 aromatic heterocycles. The Bertz CT molecular complexity index is 697. The molecular weight excluding hydrogens is 305 g/mol. The lowest BCUT2D eigenvalue weighted by atomic mass is 9.93. The zero-order chi connectivity index (χ0) is 16.9. The zero-order valence-corrected chi connectivity index (χ0v) is 13.8. The number of carbonyl (C=O) groups excluding carboxylic acids is 1. The lowest BCUT2D eigenvalue weighted by Crippen LogP contribution is -2.41. The van der Waals surface area contributed by atoms with E-state index in [2.05, 4.69) is 21.3 Å². The second-order valence-electron chi connectivity index (χ2n) is 6.27. The van der Waals surface area contributed by atoms with Gasteiger partial charge in [-0.25, -0.2) is 4.39 Å². The summed E-state index contributed by atoms with van der Waals surface area (Å²) in [6.45, 7) is 4.05. The van der Waals surface area contributed by atoms with Crippen LogP contribution in [0.4, 0.5) is 4.39 Å². The van der Waals surface area contributed by atoms with Crippen LogP contribution in [0.3, 0.4) is 0 Å². The van der Waals surface area contributed by atoms with E-state index in [9.17, 15) is 9.18 Å². The highest BCUT2D eigenvalue weighted by atomic mass is 19.1. The molecule has 0 spiro atoms. The maximum atomic E-state index is 13.3. The van der Waals surface area contributed by atoms with Crippen LogP contribution in [0.1, 0.15) is 40.4 Å². The number of hydrogen-bond acceptors (Lipinski definition) is 3. The Morgan fingerprint density at radius 1 is 1.29 bits per heavy atom. The van der Waals surface area contributed by atoms with Gasteiger partial charge in [0.15, 0.2) is 0 Å². The van der Waals surface area contributed by atoms with E-state index in [0.717, 1.165) is 31.6 Å². The molecule has 1 aliphatic heterocycles. The Kier molecular flexibility index (Phi) is 5.20. The summed E-state index contributed by atoms with van der Waals surface area (Å²) >= 11 is 0. The van der Waals surface area contributed by atoms with Crippen LogP contribution in [0.2, 0.25) is 0 Å². The molecule has 1 amide bonds. The molecule has 0 radical (unpaired) electrons. The zero-order valence-electron chi connectivity index (χ0n) is 13.8. The molecule has 0 bridgehead atoms. The number of aryl methyl sites for hydroxylation is 1. The van der Waals surface area contributed by atoms with Crippen molar-refractivity contribution in [1.29, 1.82) is 0 Å². The first-order chi connectivity index (χ1) is 11.6. The largest absolute Gasteiger partial charge is 0.339 e. The Labute approximate surface area is 141 Å². The minimum Gasteiger partial charge on any atom is -0.339 e. The van der Waals surface area contributed by atoms with Gasteiger partial charge in [-0.2, -0.15) is 0 Å². The molecule has 1 saturated heterocycles. The molecule has 1 fully saturated rings. The highest BCUT2D eigenvalue weighted by Gasteiger charge is 2.21. The smallest absolute Gasteiger partial charge is 0.252 e. The van der Waals surface area contributed by atoms with Crippen LogP contribution in [0.5, 0.6) is 0 Å². The van der Waals surface area contributed by atoms with E-state index in [1.165, 1.54) is 12.1 Å². The van der Waals surface area contributed by atoms with Gasteiger partial charge in [-0.3, -0.25) is 14.7 Å². The SMILES string of the molecule is Cc1cc(C(=O)NCN2CCC(c3ccccn3)CC2)ccc1F. The van der Waals surface area contributed by atoms with Gasteiger partial charge in [-0.05, 0) is 55.7 Å². The van der Waals surface area contributed by atoms with Gasteiger partial charge in [0.25, 0.3) is 5.91 Å². The van der Waals surface area contributed by atoms with Crippen molar-refractivity contribution in [3.8, 4) is 0 Å². The number of hydrogen-bond donors (Lipinski definition) is 1. The second kappa shape index (κ2) is 7.53. The van der Waals surface area contributed by atoms with Crippen LogP contribution >= 0.6 is 0 Å². The molecule has 2 aromatic rings. The second-order valence-corrected chi connectivity index (χ2v) is 6.27. The number of amides is 1. The fraction of sp³-hybridized carbons (Fsp3) is 0.368. The van der Waals surface area contributed by atoms with E-state index in [1.807, 2.05) is 18.3 Å². The molecule has 0 saturated carbocycles. The molecule has 1 N–H and O–H groups in total. The van der Waals surface area contributed by atoms with Gasteiger partial charge >= 0.3 is 0 Å². The maximum absolute atomic E-state index is 13.3. The summed E-state index contributed by atoms with van der Waals surface area (Å²) in [5, 5.41) is 2.92. The van der Waals surface area contributed by atoms with Crippen molar-refractivity contribution in [3.05, 3.63) is 65.2 Å². The van der Waals surface area contributed by atoms with Crippen molar-refractivity contribution < 1.29 is 9.18 Å². The number of pyridine rings is 1. The van der Waals surface area contributed by atoms with Gasteiger partial charge in [0.05, 0.1) is 6.67 Å². The molecule has 4 nitrogen and oxygen atoms in total. The molecule has 24 heavy (non-hydrogen) atoms. The predicted octanol–water partition coefficient (Wildman–Crippen LogP) is 3.10. The molecule has 5 heteroatoms. The third kappa shape index (κ3) is 3.97. The quantitative estimate of drug-likeness (QED) is 0.938. The van der Waals surface area contributed by atoms with Crippen molar-refractivity contribution in [1.82, 2.24) is 15.2 Å². The van der Waals surface area contributed by atoms with Crippen LogP contribution in [-0.2, 0) is 0 Å². The Hall–Kier alpha value is -2.27. The third-order valence-electron chi connectivity index (χ3n) is 4.58. The monoisotopic (exact) mass is 327 g/mol. The summed E-state index contributed by atoms with van der Waals surface area (Å²) in [5.41, 5.74) is 2.14. The molecule has 0 aliphatic carbocycles. The molecule has 2 heterocycles. The van der Waals surface area contributed by atoms with Crippen LogP contribution in [0.25, 0.3) is 0 Å². The fourth-order valence-corrected chi connectivity index (χ4v) is 3.08. The van der Waals surface area contributed by atoms with Gasteiger partial charge in [0.2, 0.25) is 0 Å². The topological polar surface area (TPSA) is 45.2 Å². The summed E-state index contributed by atoms with van der Waals surface area (Å²) in [6.07, 6.45) is 3.93. The normalized spacial score (nSPS) is 16.1. The number of likely N-dealkylation sites (tertiary alicyclic amines) is 1. The first-order valence-corrected chi connectivity index (χ1v) is 8.31. The molecular formula is C19H22FN3O. The minimum atomic E-state index is -0.289. The van der Waals surface area contributed by atoms with Crippen molar-refractivity contribution in [3.63, 3.8) is 0 Å². The molecule has 0 atom stereocenters. The highest BCUT2D eigenvalue weighted by molar-refractivity contribution is 5.94. The minimum absolute atomic E-state index is 0.162. The molecule has 1 aliphatic rings. The van der Waals surface area contributed by atoms with Crippen LogP contribution in [0, 0.1) is 12.7 Å². The number of aromatic nitrogens is 1. The number of rotatable bonds is 4. The average molecular weight is 327 g/mol. The Morgan fingerprint density at radius 2 is 2.08 bits per heavy atom. The van der Waals surface area contributed by atoms with Crippen molar-refractivity contribution in [2.75, 3.05) is 19.8 Å². The van der Waals surface area contributed by atoms with Gasteiger partial charge in [-0.15, -0.1) is 0 Å². The number of carbonyl (C=O) groups is 1. The van der Waals surface area contributed by atoms with Crippen molar-refractivity contribution in [2.45, 2.75) is 25.7 Å². The first-order valence-electron chi connectivity index (χ1n) is 8.31. The number of halogens is 1. The number of benzene rings is 1. The lowest BCUT2D eigenvalue weighted by Gasteiger charge is -2.31. The van der Waals surface area contributed by atoms with Crippen molar-refractivity contribution in [2.24, 2.45) is 0 Å². The van der Waals surface area contributed by atoms with Gasteiger partial charge in [-0.1, -0.05) is 6.07 Å². The molecule has 3 rings (SSSR count). The van der Waals surface area contributed by atoms with Crippen LogP contribution < -0.4 is 5.32 Å². The molecule has 1 aromatic carbocycles.